The molecular weight excluding hydrogens is 412 g/mol. The monoisotopic (exact) mass is 433 g/mol. The summed E-state index contributed by atoms with van der Waals surface area (Å²) in [5, 5.41) is 13.0. The highest BCUT2D eigenvalue weighted by Crippen LogP contribution is 2.16. The lowest BCUT2D eigenvalue weighted by molar-refractivity contribution is 0.214. The lowest BCUT2D eigenvalue weighted by Gasteiger charge is -2.17. The van der Waals surface area contributed by atoms with Crippen LogP contribution < -0.4 is 15.4 Å². The van der Waals surface area contributed by atoms with Crippen LogP contribution in [0.5, 0.6) is 5.75 Å². The van der Waals surface area contributed by atoms with Crippen LogP contribution in [0.1, 0.15) is 12.6 Å². The first kappa shape index (κ1) is 19.2. The third-order valence-corrected chi connectivity index (χ3v) is 2.95. The molecule has 1 aromatic heterocycles. The molecule has 3 N–H and O–H groups in total. The number of benzene rings is 1. The molecule has 126 valence electrons. The van der Waals surface area contributed by atoms with Crippen molar-refractivity contribution in [3.05, 3.63) is 48.0 Å². The van der Waals surface area contributed by atoms with Crippen LogP contribution in [-0.4, -0.2) is 35.9 Å². The summed E-state index contributed by atoms with van der Waals surface area (Å²) in [5.74, 6) is 0.520. The predicted octanol–water partition coefficient (Wildman–Crippen LogP) is 2.30. The minimum atomic E-state index is -0.365. The van der Waals surface area contributed by atoms with Gasteiger partial charge in [-0.05, 0) is 25.1 Å². The molecule has 1 heterocycles. The van der Waals surface area contributed by atoms with E-state index in [-0.39, 0.29) is 41.6 Å². The van der Waals surface area contributed by atoms with E-state index in [1.165, 1.54) is 6.07 Å². The van der Waals surface area contributed by atoms with Gasteiger partial charge < -0.3 is 15.4 Å². The van der Waals surface area contributed by atoms with Gasteiger partial charge in [0, 0.05) is 13.2 Å². The van der Waals surface area contributed by atoms with Crippen molar-refractivity contribution in [3.8, 4) is 5.75 Å². The van der Waals surface area contributed by atoms with E-state index in [0.717, 1.165) is 5.69 Å². The highest BCUT2D eigenvalue weighted by atomic mass is 127. The second-order valence-electron chi connectivity index (χ2n) is 4.75. The third-order valence-electron chi connectivity index (χ3n) is 2.95. The number of aromatic amines is 1. The first-order valence-electron chi connectivity index (χ1n) is 7.03. The number of aromatic nitrogens is 2. The average molecular weight is 433 g/mol. The number of aliphatic imine (C=N–C) groups is 1. The van der Waals surface area contributed by atoms with Gasteiger partial charge in [0.2, 0.25) is 0 Å². The van der Waals surface area contributed by atoms with Gasteiger partial charge in [0.15, 0.2) is 17.5 Å². The van der Waals surface area contributed by atoms with Gasteiger partial charge in [-0.1, -0.05) is 12.1 Å². The van der Waals surface area contributed by atoms with Crippen LogP contribution in [0.15, 0.2) is 41.5 Å². The average Bonchev–Trinajstić information content (AvgIpc) is 3.03. The second-order valence-corrected chi connectivity index (χ2v) is 4.75. The normalized spacial score (nSPS) is 12.2. The molecule has 0 spiro atoms. The zero-order valence-electron chi connectivity index (χ0n) is 13.0. The number of nitrogens with zero attached hydrogens (tertiary/aromatic N) is 2. The summed E-state index contributed by atoms with van der Waals surface area (Å²) in [6.45, 7) is 2.95. The van der Waals surface area contributed by atoms with E-state index in [0.29, 0.717) is 19.0 Å². The number of guanidine groups is 1. The first-order valence-corrected chi connectivity index (χ1v) is 7.03. The van der Waals surface area contributed by atoms with Crippen molar-refractivity contribution < 1.29 is 9.13 Å². The van der Waals surface area contributed by atoms with Crippen molar-refractivity contribution in [3.63, 3.8) is 0 Å². The molecule has 0 amide bonds. The summed E-state index contributed by atoms with van der Waals surface area (Å²) in [5.41, 5.74) is 0.957. The summed E-state index contributed by atoms with van der Waals surface area (Å²) in [4.78, 5) is 4.11. The van der Waals surface area contributed by atoms with Crippen LogP contribution in [0.2, 0.25) is 0 Å². The Bertz CT molecular complexity index is 606. The van der Waals surface area contributed by atoms with Crippen molar-refractivity contribution in [2.45, 2.75) is 19.6 Å². The van der Waals surface area contributed by atoms with E-state index in [2.05, 4.69) is 25.8 Å². The molecule has 23 heavy (non-hydrogen) atoms. The minimum Gasteiger partial charge on any atom is -0.486 e. The van der Waals surface area contributed by atoms with E-state index >= 15 is 0 Å². The quantitative estimate of drug-likeness (QED) is 0.372. The molecule has 0 saturated heterocycles. The van der Waals surface area contributed by atoms with Gasteiger partial charge in [-0.25, -0.2) is 4.39 Å². The Labute approximate surface area is 151 Å². The first-order chi connectivity index (χ1) is 10.7. The molecule has 0 radical (unpaired) electrons. The number of nitrogens with one attached hydrogen (secondary N) is 3. The Kier molecular flexibility index (Phi) is 8.38. The van der Waals surface area contributed by atoms with Gasteiger partial charge in [0.25, 0.3) is 0 Å². The number of para-hydroxylation sites is 1. The van der Waals surface area contributed by atoms with Gasteiger partial charge >= 0.3 is 0 Å². The molecule has 1 aromatic carbocycles. The fourth-order valence-corrected chi connectivity index (χ4v) is 1.82. The largest absolute Gasteiger partial charge is 0.486 e. The fraction of sp³-hybridized carbons (Fsp3) is 0.333. The van der Waals surface area contributed by atoms with Crippen molar-refractivity contribution >= 4 is 29.9 Å². The Hall–Kier alpha value is -1.84. The molecule has 1 unspecified atom stereocenters. The number of ether oxygens (including phenoxy) is 1. The number of rotatable bonds is 6. The van der Waals surface area contributed by atoms with Crippen LogP contribution in [-0.2, 0) is 6.54 Å². The summed E-state index contributed by atoms with van der Waals surface area (Å²) in [7, 11) is 1.69. The molecule has 1 atom stereocenters. The van der Waals surface area contributed by atoms with Crippen molar-refractivity contribution in [2.24, 2.45) is 4.99 Å². The summed E-state index contributed by atoms with van der Waals surface area (Å²) < 4.78 is 19.1. The second kappa shape index (κ2) is 10.0. The third kappa shape index (κ3) is 6.43. The van der Waals surface area contributed by atoms with Gasteiger partial charge in [0.1, 0.15) is 6.10 Å². The molecule has 0 aliphatic heterocycles. The van der Waals surface area contributed by atoms with Crippen LogP contribution in [0.25, 0.3) is 0 Å². The van der Waals surface area contributed by atoms with Gasteiger partial charge in [0.05, 0.1) is 18.8 Å². The smallest absolute Gasteiger partial charge is 0.191 e. The van der Waals surface area contributed by atoms with E-state index in [9.17, 15) is 4.39 Å². The Morgan fingerprint density at radius 3 is 2.78 bits per heavy atom. The molecule has 0 saturated carbocycles. The fourth-order valence-electron chi connectivity index (χ4n) is 1.82. The maximum absolute atomic E-state index is 13.5. The Balaban J connectivity index is 0.00000264. The maximum atomic E-state index is 13.5. The highest BCUT2D eigenvalue weighted by molar-refractivity contribution is 14.0. The number of hydrogen-bond donors (Lipinski definition) is 3. The number of H-pyrrole nitrogens is 1. The van der Waals surface area contributed by atoms with Crippen LogP contribution in [0.3, 0.4) is 0 Å². The minimum absolute atomic E-state index is 0. The van der Waals surface area contributed by atoms with Crippen LogP contribution >= 0.6 is 24.0 Å². The lowest BCUT2D eigenvalue weighted by Crippen LogP contribution is -2.41. The van der Waals surface area contributed by atoms with E-state index < -0.39 is 0 Å². The van der Waals surface area contributed by atoms with Crippen molar-refractivity contribution in [1.29, 1.82) is 0 Å². The zero-order chi connectivity index (χ0) is 15.8. The maximum Gasteiger partial charge on any atom is 0.191 e. The summed E-state index contributed by atoms with van der Waals surface area (Å²) in [6.07, 6.45) is 1.49. The Morgan fingerprint density at radius 2 is 2.13 bits per heavy atom. The molecule has 2 aromatic rings. The van der Waals surface area contributed by atoms with E-state index in [1.807, 2.05) is 13.0 Å². The van der Waals surface area contributed by atoms with E-state index in [1.54, 1.807) is 31.4 Å². The summed E-state index contributed by atoms with van der Waals surface area (Å²) >= 11 is 0. The molecule has 0 fully saturated rings. The highest BCUT2D eigenvalue weighted by Gasteiger charge is 2.08. The SMILES string of the molecule is CN=C(NCc1ccn[nH]1)NCC(C)Oc1ccccc1F.I. The topological polar surface area (TPSA) is 74.3 Å². The van der Waals surface area contributed by atoms with Gasteiger partial charge in [-0.2, -0.15) is 5.10 Å². The van der Waals surface area contributed by atoms with Crippen molar-refractivity contribution in [2.75, 3.05) is 13.6 Å². The van der Waals surface area contributed by atoms with Crippen LogP contribution in [0.4, 0.5) is 4.39 Å². The molecule has 0 aliphatic carbocycles. The molecule has 8 heteroatoms. The molecule has 0 aliphatic rings. The van der Waals surface area contributed by atoms with Crippen LogP contribution in [0, 0.1) is 5.82 Å². The lowest BCUT2D eigenvalue weighted by atomic mass is 10.3. The summed E-state index contributed by atoms with van der Waals surface area (Å²) in [6, 6.07) is 8.23. The van der Waals surface area contributed by atoms with E-state index in [4.69, 9.17) is 4.74 Å². The number of hydrogen-bond acceptors (Lipinski definition) is 3. The van der Waals surface area contributed by atoms with Gasteiger partial charge in [-0.15, -0.1) is 24.0 Å². The Morgan fingerprint density at radius 1 is 1.35 bits per heavy atom. The molecular formula is C15H21FIN5O. The molecule has 6 nitrogen and oxygen atoms in total. The van der Waals surface area contributed by atoms with Crippen molar-refractivity contribution in [1.82, 2.24) is 20.8 Å². The molecule has 2 rings (SSSR count). The zero-order valence-corrected chi connectivity index (χ0v) is 15.4. The predicted molar refractivity (Wildman–Crippen MR) is 98.7 cm³/mol. The molecule has 0 bridgehead atoms. The van der Waals surface area contributed by atoms with Gasteiger partial charge in [-0.3, -0.25) is 10.1 Å². The standard InChI is InChI=1S/C15H20FN5O.HI/c1-11(22-14-6-4-3-5-13(14)16)9-18-15(17-2)19-10-12-7-8-20-21-12;/h3-8,11H,9-10H2,1-2H3,(H,20,21)(H2,17,18,19);1H. The number of halogens is 2.